The molecule has 0 saturated heterocycles. The summed E-state index contributed by atoms with van der Waals surface area (Å²) in [4.78, 5) is 22.5. The lowest BCUT2D eigenvalue weighted by molar-refractivity contribution is -0.212. The Bertz CT molecular complexity index is 1560. The molecule has 0 aromatic carbocycles. The normalized spacial score (nSPS) is 16.1. The van der Waals surface area contributed by atoms with Crippen LogP contribution in [0.3, 0.4) is 0 Å². The van der Waals surface area contributed by atoms with Gasteiger partial charge in [0, 0.05) is 31.1 Å². The van der Waals surface area contributed by atoms with Crippen molar-refractivity contribution in [2.45, 2.75) is 25.7 Å². The van der Waals surface area contributed by atoms with Gasteiger partial charge in [-0.3, -0.25) is 4.79 Å². The highest BCUT2D eigenvalue weighted by molar-refractivity contribution is 5.90. The van der Waals surface area contributed by atoms with Gasteiger partial charge in [0.15, 0.2) is 0 Å². The number of nitrogens with one attached hydrogen (secondary N) is 1. The maximum absolute atomic E-state index is 13.5. The third kappa shape index (κ3) is 3.45. The molecule has 6 rings (SSSR count). The van der Waals surface area contributed by atoms with Gasteiger partial charge < -0.3 is 14.3 Å². The van der Waals surface area contributed by atoms with Crippen LogP contribution in [0.15, 0.2) is 47.5 Å². The van der Waals surface area contributed by atoms with Crippen LogP contribution in [0.1, 0.15) is 39.4 Å². The highest BCUT2D eigenvalue weighted by Crippen LogP contribution is 2.35. The fourth-order valence-corrected chi connectivity index (χ4v) is 4.23. The van der Waals surface area contributed by atoms with Gasteiger partial charge in [-0.2, -0.15) is 14.9 Å². The standard InChI is InChI=1S/C21H16F3N9O2/c1-11-3-2-5-32-15(11)7-14(30-32)17-16-13(25-10-26-16)4-6-31(17)20(34)19-29-28-18(35-19)12-8-27-33(9-12)21(22,23)24/h2-3,5,7-10,17H,4,6H2,1H3,(H,25,26)/t17-/m1/s1. The quantitative estimate of drug-likeness (QED) is 0.419. The molecular weight excluding hydrogens is 467 g/mol. The zero-order chi connectivity index (χ0) is 24.3. The lowest BCUT2D eigenvalue weighted by Gasteiger charge is -2.32. The van der Waals surface area contributed by atoms with Crippen LogP contribution in [0.2, 0.25) is 0 Å². The summed E-state index contributed by atoms with van der Waals surface area (Å²) in [7, 11) is 0. The number of rotatable bonds is 3. The molecule has 35 heavy (non-hydrogen) atoms. The highest BCUT2D eigenvalue weighted by atomic mass is 19.4. The zero-order valence-corrected chi connectivity index (χ0v) is 18.1. The van der Waals surface area contributed by atoms with Crippen molar-refractivity contribution < 1.29 is 22.4 Å². The van der Waals surface area contributed by atoms with E-state index in [0.29, 0.717) is 30.6 Å². The first-order chi connectivity index (χ1) is 16.8. The van der Waals surface area contributed by atoms with E-state index in [1.165, 1.54) is 4.90 Å². The Balaban J connectivity index is 1.37. The van der Waals surface area contributed by atoms with Gasteiger partial charge >= 0.3 is 18.1 Å². The van der Waals surface area contributed by atoms with Crippen molar-refractivity contribution in [1.29, 1.82) is 0 Å². The number of nitrogens with zero attached hydrogens (tertiary/aromatic N) is 8. The number of carbonyl (C=O) groups excluding carboxylic acids is 1. The van der Waals surface area contributed by atoms with Crippen LogP contribution in [-0.2, 0) is 12.7 Å². The number of alkyl halides is 3. The Morgan fingerprint density at radius 1 is 1.29 bits per heavy atom. The van der Waals surface area contributed by atoms with Crippen molar-refractivity contribution >= 4 is 11.4 Å². The van der Waals surface area contributed by atoms with E-state index in [0.717, 1.165) is 23.0 Å². The minimum absolute atomic E-state index is 0.0607. The first kappa shape index (κ1) is 21.1. The second-order valence-electron chi connectivity index (χ2n) is 8.06. The molecule has 1 aliphatic heterocycles. The molecule has 178 valence electrons. The summed E-state index contributed by atoms with van der Waals surface area (Å²) in [5.74, 6) is -1.19. The molecule has 0 saturated carbocycles. The van der Waals surface area contributed by atoms with Crippen molar-refractivity contribution in [2.24, 2.45) is 0 Å². The molecule has 14 heteroatoms. The first-order valence-electron chi connectivity index (χ1n) is 10.5. The molecule has 0 unspecified atom stereocenters. The zero-order valence-electron chi connectivity index (χ0n) is 18.1. The van der Waals surface area contributed by atoms with Gasteiger partial charge in [0.2, 0.25) is 0 Å². The number of carbonyl (C=O) groups is 1. The van der Waals surface area contributed by atoms with Crippen LogP contribution < -0.4 is 0 Å². The predicted octanol–water partition coefficient (Wildman–Crippen LogP) is 2.88. The summed E-state index contributed by atoms with van der Waals surface area (Å²) in [5.41, 5.74) is 3.99. The van der Waals surface area contributed by atoms with Gasteiger partial charge in [0.25, 0.3) is 5.89 Å². The number of hydrogen-bond acceptors (Lipinski definition) is 7. The Labute approximate surface area is 194 Å². The predicted molar refractivity (Wildman–Crippen MR) is 112 cm³/mol. The number of imidazole rings is 1. The van der Waals surface area contributed by atoms with Crippen molar-refractivity contribution in [2.75, 3.05) is 6.54 Å². The maximum atomic E-state index is 13.5. The van der Waals surface area contributed by atoms with Crippen molar-refractivity contribution in [3.63, 3.8) is 0 Å². The monoisotopic (exact) mass is 483 g/mol. The first-order valence-corrected chi connectivity index (χ1v) is 10.5. The summed E-state index contributed by atoms with van der Waals surface area (Å²) in [6.45, 7) is 2.28. The Hall–Kier alpha value is -4.49. The molecule has 0 radical (unpaired) electrons. The Morgan fingerprint density at radius 3 is 2.91 bits per heavy atom. The van der Waals surface area contributed by atoms with Crippen LogP contribution in [0.25, 0.3) is 17.0 Å². The number of aromatic nitrogens is 8. The molecule has 0 bridgehead atoms. The number of hydrogen-bond donors (Lipinski definition) is 1. The van der Waals surface area contributed by atoms with E-state index in [1.807, 2.05) is 31.3 Å². The average molecular weight is 483 g/mol. The number of aromatic amines is 1. The van der Waals surface area contributed by atoms with Crippen molar-refractivity contribution in [1.82, 2.24) is 44.5 Å². The third-order valence-electron chi connectivity index (χ3n) is 5.90. The van der Waals surface area contributed by atoms with E-state index in [9.17, 15) is 18.0 Å². The average Bonchev–Trinajstić information content (AvgIpc) is 3.62. The molecule has 0 aliphatic carbocycles. The molecule has 0 spiro atoms. The summed E-state index contributed by atoms with van der Waals surface area (Å²) in [6.07, 6.45) is 0.858. The molecule has 5 aromatic heterocycles. The van der Waals surface area contributed by atoms with Crippen molar-refractivity contribution in [3.8, 4) is 11.5 Å². The third-order valence-corrected chi connectivity index (χ3v) is 5.90. The molecular formula is C21H16F3N9O2. The summed E-state index contributed by atoms with van der Waals surface area (Å²) in [6, 6.07) is 5.12. The largest absolute Gasteiger partial charge is 0.504 e. The molecule has 11 nitrogen and oxygen atoms in total. The second-order valence-corrected chi connectivity index (χ2v) is 8.06. The van der Waals surface area contributed by atoms with Gasteiger partial charge in [0.1, 0.15) is 6.04 Å². The minimum atomic E-state index is -4.69. The number of halogens is 3. The van der Waals surface area contributed by atoms with Crippen LogP contribution in [0.5, 0.6) is 0 Å². The van der Waals surface area contributed by atoms with Crippen molar-refractivity contribution in [3.05, 3.63) is 71.7 Å². The number of amides is 1. The highest BCUT2D eigenvalue weighted by Gasteiger charge is 2.38. The van der Waals surface area contributed by atoms with E-state index in [1.54, 1.807) is 10.8 Å². The Morgan fingerprint density at radius 2 is 2.14 bits per heavy atom. The fraction of sp³-hybridized carbons (Fsp3) is 0.238. The van der Waals surface area contributed by atoms with Crippen LogP contribution in [0.4, 0.5) is 13.2 Å². The minimum Gasteiger partial charge on any atom is -0.412 e. The smallest absolute Gasteiger partial charge is 0.412 e. The molecule has 1 amide bonds. The van der Waals surface area contributed by atoms with E-state index >= 15 is 0 Å². The molecule has 1 atom stereocenters. The molecule has 1 N–H and O–H groups in total. The van der Waals surface area contributed by atoms with Gasteiger partial charge in [0.05, 0.1) is 35.0 Å². The molecule has 6 heterocycles. The van der Waals surface area contributed by atoms with E-state index in [2.05, 4.69) is 30.4 Å². The summed E-state index contributed by atoms with van der Waals surface area (Å²) >= 11 is 0. The van der Waals surface area contributed by atoms with E-state index in [4.69, 9.17) is 4.42 Å². The number of pyridine rings is 1. The summed E-state index contributed by atoms with van der Waals surface area (Å²) < 4.78 is 45.6. The van der Waals surface area contributed by atoms with E-state index < -0.39 is 18.2 Å². The number of aryl methyl sites for hydroxylation is 1. The van der Waals surface area contributed by atoms with Crippen LogP contribution in [0, 0.1) is 6.92 Å². The second kappa shape index (κ2) is 7.51. The van der Waals surface area contributed by atoms with Gasteiger partial charge in [-0.05, 0) is 24.6 Å². The topological polar surface area (TPSA) is 123 Å². The van der Waals surface area contributed by atoms with Gasteiger partial charge in [-0.1, -0.05) is 6.07 Å². The molecule has 0 fully saturated rings. The summed E-state index contributed by atoms with van der Waals surface area (Å²) in [5, 5.41) is 15.5. The lowest BCUT2D eigenvalue weighted by atomic mass is 9.99. The van der Waals surface area contributed by atoms with Crippen LogP contribution >= 0.6 is 0 Å². The number of fused-ring (bicyclic) bond motifs is 2. The molecule has 1 aliphatic rings. The fourth-order valence-electron chi connectivity index (χ4n) is 4.23. The van der Waals surface area contributed by atoms with Gasteiger partial charge in [-0.25, -0.2) is 9.50 Å². The van der Waals surface area contributed by atoms with E-state index in [-0.39, 0.29) is 22.0 Å². The lowest BCUT2D eigenvalue weighted by Crippen LogP contribution is -2.41. The van der Waals surface area contributed by atoms with Crippen LogP contribution in [-0.4, -0.2) is 56.9 Å². The maximum Gasteiger partial charge on any atom is 0.504 e. The van der Waals surface area contributed by atoms with Gasteiger partial charge in [-0.15, -0.1) is 23.4 Å². The molecule has 5 aromatic rings. The Kier molecular flexibility index (Phi) is 4.52. The SMILES string of the molecule is Cc1cccn2nc([C@@H]3c4nc[nH]c4CCN3C(=O)c3nnc(-c4cnn(C(F)(F)F)c4)o3)cc12. The number of H-pyrrole nitrogens is 1.